The first-order valence-electron chi connectivity index (χ1n) is 11.8. The molecule has 2 saturated carbocycles. The maximum atomic E-state index is 12.6. The van der Waals surface area contributed by atoms with Gasteiger partial charge < -0.3 is 24.8 Å². The molecule has 2 aromatic heterocycles. The molecule has 0 bridgehead atoms. The van der Waals surface area contributed by atoms with Crippen molar-refractivity contribution in [3.05, 3.63) is 29.2 Å². The molecule has 3 N–H and O–H groups in total. The minimum Gasteiger partial charge on any atom is -0.446 e. The Kier molecular flexibility index (Phi) is 7.84. The van der Waals surface area contributed by atoms with Crippen LogP contribution in [0.2, 0.25) is 0 Å². The Morgan fingerprint density at radius 3 is 2.76 bits per heavy atom. The van der Waals surface area contributed by atoms with Gasteiger partial charge in [0, 0.05) is 51.6 Å². The number of nitrogens with zero attached hydrogens (tertiary/aromatic N) is 3. The smallest absolute Gasteiger partial charge is 0.407 e. The van der Waals surface area contributed by atoms with E-state index >= 15 is 0 Å². The molecule has 11 nitrogen and oxygen atoms in total. The van der Waals surface area contributed by atoms with Gasteiger partial charge in [0.2, 0.25) is 0 Å². The number of H-pyrrole nitrogens is 1. The number of aromatic nitrogens is 4. The Morgan fingerprint density at radius 1 is 1.18 bits per heavy atom. The summed E-state index contributed by atoms with van der Waals surface area (Å²) in [6.45, 7) is 1.11. The van der Waals surface area contributed by atoms with E-state index in [1.807, 2.05) is 6.07 Å². The third-order valence-electron chi connectivity index (χ3n) is 6.68. The highest BCUT2D eigenvalue weighted by Crippen LogP contribution is 2.36. The summed E-state index contributed by atoms with van der Waals surface area (Å²) >= 11 is 0. The van der Waals surface area contributed by atoms with Gasteiger partial charge in [-0.2, -0.15) is 10.2 Å². The Bertz CT molecular complexity index is 982. The molecule has 2 atom stereocenters. The first kappa shape index (κ1) is 24.2. The highest BCUT2D eigenvalue weighted by molar-refractivity contribution is 6.02. The lowest BCUT2D eigenvalue weighted by Crippen LogP contribution is -2.45. The first-order chi connectivity index (χ1) is 16.4. The molecule has 2 heterocycles. The molecule has 2 fully saturated rings. The molecule has 0 saturated heterocycles. The highest BCUT2D eigenvalue weighted by atomic mass is 16.6. The van der Waals surface area contributed by atoms with Crippen molar-refractivity contribution in [1.82, 2.24) is 25.3 Å². The van der Waals surface area contributed by atoms with E-state index in [1.54, 1.807) is 27.3 Å². The zero-order chi connectivity index (χ0) is 24.1. The number of ether oxygens (including phenoxy) is 3. The van der Waals surface area contributed by atoms with Crippen LogP contribution in [0.4, 0.5) is 10.6 Å². The zero-order valence-corrected chi connectivity index (χ0v) is 20.0. The second kappa shape index (κ2) is 11.0. The fourth-order valence-corrected chi connectivity index (χ4v) is 4.80. The van der Waals surface area contributed by atoms with Gasteiger partial charge >= 0.3 is 6.09 Å². The summed E-state index contributed by atoms with van der Waals surface area (Å²) in [6, 6.07) is 3.74. The molecule has 2 amide bonds. The van der Waals surface area contributed by atoms with E-state index < -0.39 is 0 Å². The van der Waals surface area contributed by atoms with Gasteiger partial charge in [-0.1, -0.05) is 0 Å². The van der Waals surface area contributed by atoms with E-state index in [2.05, 4.69) is 25.9 Å². The van der Waals surface area contributed by atoms with Gasteiger partial charge in [0.15, 0.2) is 5.82 Å². The Hall–Kier alpha value is -2.92. The number of aromatic amines is 1. The molecule has 0 spiro atoms. The number of rotatable bonds is 10. The second-order valence-electron chi connectivity index (χ2n) is 9.24. The van der Waals surface area contributed by atoms with Crippen molar-refractivity contribution in [2.75, 3.05) is 26.1 Å². The fourth-order valence-electron chi connectivity index (χ4n) is 4.80. The molecular formula is C23H34N6O5. The molecule has 11 heteroatoms. The van der Waals surface area contributed by atoms with E-state index in [0.717, 1.165) is 50.8 Å². The maximum absolute atomic E-state index is 12.6. The molecule has 34 heavy (non-hydrogen) atoms. The molecule has 4 rings (SSSR count). The Morgan fingerprint density at radius 2 is 2.00 bits per heavy atom. The van der Waals surface area contributed by atoms with Crippen molar-refractivity contribution >= 4 is 17.8 Å². The number of anilines is 1. The van der Waals surface area contributed by atoms with Crippen LogP contribution in [-0.4, -0.2) is 65.0 Å². The predicted octanol–water partition coefficient (Wildman–Crippen LogP) is 2.72. The maximum Gasteiger partial charge on any atom is 0.407 e. The molecule has 0 unspecified atom stereocenters. The lowest BCUT2D eigenvalue weighted by Gasteiger charge is -2.35. The molecule has 186 valence electrons. The average Bonchev–Trinajstić information content (AvgIpc) is 3.50. The van der Waals surface area contributed by atoms with E-state index in [9.17, 15) is 9.59 Å². The summed E-state index contributed by atoms with van der Waals surface area (Å²) in [5.41, 5.74) is 2.03. The second-order valence-corrected chi connectivity index (χ2v) is 9.24. The van der Waals surface area contributed by atoms with Gasteiger partial charge in [0.25, 0.3) is 5.91 Å². The number of nitrogens with one attached hydrogen (secondary N) is 3. The van der Waals surface area contributed by atoms with Crippen LogP contribution in [-0.2, 0) is 27.9 Å². The standard InChI is InChI=1S/C23H34N6O5/c1-29-20(11-17(28-29)13-33-3)22(30)25-21-12-19(26-27-21)15-4-5-18(10-15)34-23(31)24-16-8-14(9-16)6-7-32-2/h11-12,14-16,18H,4-10,13H2,1-3H3,(H,24,31)(H2,25,26,27,30)/t14?,15-,16?,18+/m0/s1. The molecule has 0 aliphatic heterocycles. The van der Waals surface area contributed by atoms with E-state index in [-0.39, 0.29) is 30.1 Å². The summed E-state index contributed by atoms with van der Waals surface area (Å²) in [5.74, 6) is 0.981. The summed E-state index contributed by atoms with van der Waals surface area (Å²) in [5, 5.41) is 17.3. The summed E-state index contributed by atoms with van der Waals surface area (Å²) in [4.78, 5) is 24.9. The normalized spacial score (nSPS) is 24.0. The minimum atomic E-state index is -0.331. The number of hydrogen-bond donors (Lipinski definition) is 3. The molecule has 2 aromatic rings. The van der Waals surface area contributed by atoms with E-state index in [0.29, 0.717) is 29.7 Å². The third kappa shape index (κ3) is 5.95. The molecule has 2 aliphatic rings. The van der Waals surface area contributed by atoms with Crippen LogP contribution in [0.3, 0.4) is 0 Å². The minimum absolute atomic E-state index is 0.121. The number of carbonyl (C=O) groups is 2. The largest absolute Gasteiger partial charge is 0.446 e. The molecule has 0 radical (unpaired) electrons. The van der Waals surface area contributed by atoms with Crippen LogP contribution in [0.25, 0.3) is 0 Å². The summed E-state index contributed by atoms with van der Waals surface area (Å²) < 4.78 is 17.3. The van der Waals surface area contributed by atoms with Gasteiger partial charge in [-0.25, -0.2) is 4.79 Å². The van der Waals surface area contributed by atoms with Crippen LogP contribution in [0.15, 0.2) is 12.1 Å². The molecule has 2 aliphatic carbocycles. The van der Waals surface area contributed by atoms with Crippen LogP contribution < -0.4 is 10.6 Å². The fraction of sp³-hybridized carbons (Fsp3) is 0.652. The van der Waals surface area contributed by atoms with Crippen molar-refractivity contribution in [2.45, 2.75) is 63.2 Å². The lowest BCUT2D eigenvalue weighted by molar-refractivity contribution is 0.0833. The van der Waals surface area contributed by atoms with Crippen LogP contribution in [0.1, 0.15) is 66.3 Å². The first-order valence-corrected chi connectivity index (χ1v) is 11.8. The van der Waals surface area contributed by atoms with E-state index in [1.165, 1.54) is 4.68 Å². The van der Waals surface area contributed by atoms with Gasteiger partial charge in [-0.15, -0.1) is 0 Å². The number of aryl methyl sites for hydroxylation is 1. The SMILES string of the molecule is COCCC1CC(NC(=O)O[C@@H]2CC[C@H](c3cc(NC(=O)c4cc(COC)nn4C)n[nH]3)C2)C1. The van der Waals surface area contributed by atoms with Crippen molar-refractivity contribution in [2.24, 2.45) is 13.0 Å². The van der Waals surface area contributed by atoms with Gasteiger partial charge in [0.05, 0.1) is 12.3 Å². The van der Waals surface area contributed by atoms with Crippen LogP contribution in [0, 0.1) is 5.92 Å². The molecular weight excluding hydrogens is 440 g/mol. The number of hydrogen-bond acceptors (Lipinski definition) is 7. The number of amides is 2. The summed E-state index contributed by atoms with van der Waals surface area (Å²) in [7, 11) is 5.00. The van der Waals surface area contributed by atoms with E-state index in [4.69, 9.17) is 14.2 Å². The third-order valence-corrected chi connectivity index (χ3v) is 6.68. The van der Waals surface area contributed by atoms with Crippen molar-refractivity contribution in [1.29, 1.82) is 0 Å². The summed E-state index contributed by atoms with van der Waals surface area (Å²) in [6.07, 6.45) is 4.98. The Balaban J connectivity index is 1.22. The van der Waals surface area contributed by atoms with Crippen molar-refractivity contribution in [3.63, 3.8) is 0 Å². The zero-order valence-electron chi connectivity index (χ0n) is 20.0. The number of carbonyl (C=O) groups excluding carboxylic acids is 2. The molecule has 0 aromatic carbocycles. The van der Waals surface area contributed by atoms with Crippen LogP contribution >= 0.6 is 0 Å². The van der Waals surface area contributed by atoms with Gasteiger partial charge in [-0.3, -0.25) is 14.6 Å². The van der Waals surface area contributed by atoms with Crippen molar-refractivity contribution in [3.8, 4) is 0 Å². The quantitative estimate of drug-likeness (QED) is 0.482. The highest BCUT2D eigenvalue weighted by Gasteiger charge is 2.33. The predicted molar refractivity (Wildman–Crippen MR) is 123 cm³/mol. The number of methoxy groups -OCH3 is 2. The van der Waals surface area contributed by atoms with Gasteiger partial charge in [0.1, 0.15) is 11.8 Å². The lowest BCUT2D eigenvalue weighted by atomic mass is 9.78. The Labute approximate surface area is 198 Å². The number of alkyl carbamates (subject to hydrolysis) is 1. The van der Waals surface area contributed by atoms with Gasteiger partial charge in [-0.05, 0) is 50.5 Å². The monoisotopic (exact) mass is 474 g/mol. The van der Waals surface area contributed by atoms with Crippen molar-refractivity contribution < 1.29 is 23.8 Å². The average molecular weight is 475 g/mol. The van der Waals surface area contributed by atoms with Crippen LogP contribution in [0.5, 0.6) is 0 Å². The topological polar surface area (TPSA) is 132 Å².